The van der Waals surface area contributed by atoms with Crippen LogP contribution >= 0.6 is 0 Å². The maximum Gasteiger partial charge on any atom is 0.420 e. The molecule has 0 radical (unpaired) electrons. The monoisotopic (exact) mass is 679 g/mol. The number of aliphatic hydroxyl groups excluding tert-OH is 2. The number of halogens is 6. The van der Waals surface area contributed by atoms with Crippen molar-refractivity contribution in [3.63, 3.8) is 0 Å². The number of aryl methyl sites for hydroxylation is 1. The van der Waals surface area contributed by atoms with Crippen molar-refractivity contribution < 1.29 is 55.5 Å². The fourth-order valence-corrected chi connectivity index (χ4v) is 5.27. The summed E-state index contributed by atoms with van der Waals surface area (Å²) in [4.78, 5) is 0. The summed E-state index contributed by atoms with van der Waals surface area (Å²) in [5, 5.41) is 19.8. The zero-order valence-corrected chi connectivity index (χ0v) is 26.4. The lowest BCUT2D eigenvalue weighted by molar-refractivity contribution is -0.139. The molecule has 48 heavy (non-hydrogen) atoms. The van der Waals surface area contributed by atoms with Gasteiger partial charge in [-0.1, -0.05) is 11.6 Å². The molecule has 4 aromatic rings. The Labute approximate surface area is 273 Å². The van der Waals surface area contributed by atoms with Gasteiger partial charge in [-0.2, -0.15) is 26.3 Å². The molecule has 13 heteroatoms. The van der Waals surface area contributed by atoms with E-state index in [1.54, 1.807) is 24.3 Å². The Morgan fingerprint density at radius 2 is 1.02 bits per heavy atom. The third-order valence-electron chi connectivity index (χ3n) is 7.35. The summed E-state index contributed by atoms with van der Waals surface area (Å²) in [6, 6.07) is 13.4. The van der Waals surface area contributed by atoms with Crippen molar-refractivity contribution in [2.75, 3.05) is 33.2 Å². The molecule has 0 saturated carbocycles. The van der Waals surface area contributed by atoms with Crippen molar-refractivity contribution in [2.45, 2.75) is 45.3 Å². The third kappa shape index (κ3) is 8.58. The predicted molar refractivity (Wildman–Crippen MR) is 167 cm³/mol. The third-order valence-corrected chi connectivity index (χ3v) is 7.35. The number of methoxy groups -OCH3 is 2. The Hall–Kier alpha value is -4.30. The molecule has 258 valence electrons. The summed E-state index contributed by atoms with van der Waals surface area (Å²) in [5.74, 6) is -0.784. The highest BCUT2D eigenvalue weighted by Crippen LogP contribution is 2.44. The number of aliphatic hydroxyl groups is 2. The van der Waals surface area contributed by atoms with E-state index >= 15 is 0 Å². The SMILES string of the molecule is COCc1cc(-c2cc(CCO)c(Oc3ccc(C)cc3C(F)(F)F)c(CCO)c2)cc(COC)c1Oc1ccc(N)cc1C(F)(F)F. The first-order valence-corrected chi connectivity index (χ1v) is 14.7. The van der Waals surface area contributed by atoms with Crippen LogP contribution in [0.5, 0.6) is 23.0 Å². The van der Waals surface area contributed by atoms with E-state index in [0.717, 1.165) is 18.2 Å². The van der Waals surface area contributed by atoms with Gasteiger partial charge in [0.25, 0.3) is 0 Å². The van der Waals surface area contributed by atoms with Crippen LogP contribution in [0.3, 0.4) is 0 Å². The Morgan fingerprint density at radius 1 is 0.604 bits per heavy atom. The molecule has 0 unspecified atom stereocenters. The fraction of sp³-hybridized carbons (Fsp3) is 0.314. The molecule has 0 aliphatic rings. The molecule has 0 spiro atoms. The van der Waals surface area contributed by atoms with Crippen molar-refractivity contribution in [3.8, 4) is 34.1 Å². The van der Waals surface area contributed by atoms with Crippen molar-refractivity contribution in [2.24, 2.45) is 0 Å². The van der Waals surface area contributed by atoms with Crippen molar-refractivity contribution in [1.29, 1.82) is 0 Å². The minimum atomic E-state index is -4.76. The van der Waals surface area contributed by atoms with Gasteiger partial charge < -0.3 is 34.9 Å². The number of hydrogen-bond acceptors (Lipinski definition) is 7. The summed E-state index contributed by atoms with van der Waals surface area (Å²) in [7, 11) is 2.81. The molecule has 4 aromatic carbocycles. The highest BCUT2D eigenvalue weighted by Gasteiger charge is 2.36. The zero-order chi connectivity index (χ0) is 35.2. The number of nitrogens with two attached hydrogens (primary N) is 1. The second-order valence-corrected chi connectivity index (χ2v) is 11.0. The van der Waals surface area contributed by atoms with E-state index in [9.17, 15) is 36.6 Å². The molecular formula is C35H35F6NO6. The molecule has 0 amide bonds. The van der Waals surface area contributed by atoms with Crippen LogP contribution in [-0.4, -0.2) is 37.6 Å². The lowest BCUT2D eigenvalue weighted by Gasteiger charge is -2.22. The van der Waals surface area contributed by atoms with Gasteiger partial charge in [-0.3, -0.25) is 0 Å². The van der Waals surface area contributed by atoms with Gasteiger partial charge in [-0.25, -0.2) is 0 Å². The molecular weight excluding hydrogens is 644 g/mol. The Balaban J connectivity index is 1.89. The van der Waals surface area contributed by atoms with Gasteiger partial charge in [0.15, 0.2) is 0 Å². The first kappa shape index (κ1) is 36.5. The minimum absolute atomic E-state index is 0.00320. The Bertz CT molecular complexity index is 1560. The van der Waals surface area contributed by atoms with Crippen LogP contribution in [-0.2, 0) is 47.9 Å². The van der Waals surface area contributed by atoms with E-state index < -0.39 is 35.0 Å². The van der Waals surface area contributed by atoms with Crippen LogP contribution in [0, 0.1) is 6.92 Å². The van der Waals surface area contributed by atoms with E-state index in [2.05, 4.69) is 0 Å². The molecule has 4 rings (SSSR count). The summed E-state index contributed by atoms with van der Waals surface area (Å²) in [6.07, 6.45) is -9.46. The van der Waals surface area contributed by atoms with Crippen molar-refractivity contribution in [3.05, 3.63) is 99.6 Å². The lowest BCUT2D eigenvalue weighted by Crippen LogP contribution is -2.10. The van der Waals surface area contributed by atoms with E-state index in [1.165, 1.54) is 39.3 Å². The number of hydrogen-bond donors (Lipinski definition) is 3. The lowest BCUT2D eigenvalue weighted by atomic mass is 9.93. The maximum absolute atomic E-state index is 13.9. The van der Waals surface area contributed by atoms with Gasteiger partial charge in [0.1, 0.15) is 28.6 Å². The Morgan fingerprint density at radius 3 is 1.46 bits per heavy atom. The van der Waals surface area contributed by atoms with Crippen molar-refractivity contribution in [1.82, 2.24) is 0 Å². The van der Waals surface area contributed by atoms with Crippen LogP contribution in [0.2, 0.25) is 0 Å². The molecule has 0 heterocycles. The van der Waals surface area contributed by atoms with Crippen LogP contribution < -0.4 is 15.2 Å². The largest absolute Gasteiger partial charge is 0.456 e. The normalized spacial score (nSPS) is 12.0. The number of nitrogen functional groups attached to an aromatic ring is 1. The number of alkyl halides is 6. The van der Waals surface area contributed by atoms with E-state index in [4.69, 9.17) is 24.7 Å². The maximum atomic E-state index is 13.9. The molecule has 0 atom stereocenters. The van der Waals surface area contributed by atoms with Gasteiger partial charge in [0.05, 0.1) is 18.8 Å². The molecule has 0 saturated heterocycles. The minimum Gasteiger partial charge on any atom is -0.456 e. The molecule has 7 nitrogen and oxygen atoms in total. The molecule has 0 fully saturated rings. The quantitative estimate of drug-likeness (QED) is 0.0967. The van der Waals surface area contributed by atoms with Gasteiger partial charge in [-0.05, 0) is 96.6 Å². The van der Waals surface area contributed by atoms with Gasteiger partial charge in [0.2, 0.25) is 0 Å². The molecule has 0 aliphatic heterocycles. The molecule has 0 bridgehead atoms. The predicted octanol–water partition coefficient (Wildman–Crippen LogP) is 8.23. The Kier molecular flexibility index (Phi) is 11.6. The van der Waals surface area contributed by atoms with Gasteiger partial charge in [-0.15, -0.1) is 0 Å². The fourth-order valence-electron chi connectivity index (χ4n) is 5.27. The van der Waals surface area contributed by atoms with Crippen LogP contribution in [0.4, 0.5) is 32.0 Å². The summed E-state index contributed by atoms with van der Waals surface area (Å²) >= 11 is 0. The van der Waals surface area contributed by atoms with Gasteiger partial charge >= 0.3 is 12.4 Å². The van der Waals surface area contributed by atoms with Crippen LogP contribution in [0.25, 0.3) is 11.1 Å². The standard InChI is InChI=1S/C35H35F6NO6/c1-20-4-6-30(28(12-20)34(36,37)38)47-32-21(8-10-43)13-23(14-22(32)9-11-44)24-15-25(18-45-2)33(26(16-24)19-46-3)48-31-7-5-27(42)17-29(31)35(39,40)41/h4-7,12-17,43-44H,8-11,18-19,42H2,1-3H3. The number of rotatable bonds is 13. The first-order chi connectivity index (χ1) is 22.7. The second-order valence-electron chi connectivity index (χ2n) is 11.0. The second kappa shape index (κ2) is 15.3. The van der Waals surface area contributed by atoms with E-state index in [-0.39, 0.29) is 56.5 Å². The van der Waals surface area contributed by atoms with Gasteiger partial charge in [0, 0.05) is 44.2 Å². The molecule has 4 N–H and O–H groups in total. The van der Waals surface area contributed by atoms with Crippen LogP contribution in [0.1, 0.15) is 38.9 Å². The highest BCUT2D eigenvalue weighted by atomic mass is 19.4. The highest BCUT2D eigenvalue weighted by molar-refractivity contribution is 5.71. The average molecular weight is 680 g/mol. The van der Waals surface area contributed by atoms with Crippen LogP contribution in [0.15, 0.2) is 60.7 Å². The molecule has 0 aromatic heterocycles. The smallest absolute Gasteiger partial charge is 0.420 e. The zero-order valence-electron chi connectivity index (χ0n) is 26.4. The van der Waals surface area contributed by atoms with E-state index in [1.807, 2.05) is 0 Å². The summed E-state index contributed by atoms with van der Waals surface area (Å²) in [5.41, 5.74) is 6.40. The van der Waals surface area contributed by atoms with Crippen molar-refractivity contribution >= 4 is 5.69 Å². The van der Waals surface area contributed by atoms with E-state index in [0.29, 0.717) is 38.9 Å². The number of benzene rings is 4. The first-order valence-electron chi connectivity index (χ1n) is 14.7. The summed E-state index contributed by atoms with van der Waals surface area (Å²) in [6.45, 7) is 0.658. The topological polar surface area (TPSA) is 103 Å². The molecule has 0 aliphatic carbocycles. The average Bonchev–Trinajstić information content (AvgIpc) is 3.01. The summed E-state index contributed by atoms with van der Waals surface area (Å²) < 4.78 is 106. The number of ether oxygens (including phenoxy) is 4. The number of anilines is 1.